The molecule has 0 bridgehead atoms. The van der Waals surface area contributed by atoms with Crippen LogP contribution in [0.25, 0.3) is 0 Å². The summed E-state index contributed by atoms with van der Waals surface area (Å²) in [5, 5.41) is 5.89. The van der Waals surface area contributed by atoms with E-state index in [4.69, 9.17) is 4.74 Å². The molecule has 0 saturated carbocycles. The van der Waals surface area contributed by atoms with Crippen LogP contribution < -0.4 is 10.6 Å². The van der Waals surface area contributed by atoms with Gasteiger partial charge in [0.2, 0.25) is 11.9 Å². The zero-order chi connectivity index (χ0) is 12.5. The first-order valence-electron chi connectivity index (χ1n) is 5.72. The van der Waals surface area contributed by atoms with Gasteiger partial charge in [0.25, 0.3) is 0 Å². The lowest BCUT2D eigenvalue weighted by atomic mass is 10.4. The molecule has 0 aromatic carbocycles. The third kappa shape index (κ3) is 5.35. The number of rotatable bonds is 8. The first kappa shape index (κ1) is 13.5. The number of nitrogens with zero attached hydrogens (tertiary/aromatic N) is 2. The highest BCUT2D eigenvalue weighted by molar-refractivity contribution is 5.72. The second-order valence-electron chi connectivity index (χ2n) is 3.70. The van der Waals surface area contributed by atoms with Gasteiger partial charge in [0.05, 0.1) is 0 Å². The largest absolute Gasteiger partial charge is 0.385 e. The third-order valence-electron chi connectivity index (χ3n) is 2.25. The summed E-state index contributed by atoms with van der Waals surface area (Å²) in [6.45, 7) is 4.38. The molecule has 0 saturated heterocycles. The number of carbonyl (C=O) groups is 1. The molecule has 0 atom stereocenters. The smallest absolute Gasteiger partial charge is 0.216 e. The predicted octanol–water partition coefficient (Wildman–Crippen LogP) is 0.468. The van der Waals surface area contributed by atoms with Gasteiger partial charge in [-0.25, -0.2) is 4.98 Å². The molecule has 6 nitrogen and oxygen atoms in total. The second-order valence-corrected chi connectivity index (χ2v) is 3.70. The Hall–Kier alpha value is -1.56. The maximum absolute atomic E-state index is 10.7. The molecule has 6 heteroatoms. The Balaban J connectivity index is 2.27. The summed E-state index contributed by atoms with van der Waals surface area (Å²) in [6, 6.07) is 0. The molecule has 2 N–H and O–H groups in total. The molecule has 1 heterocycles. The van der Waals surface area contributed by atoms with Crippen molar-refractivity contribution in [2.75, 3.05) is 32.1 Å². The van der Waals surface area contributed by atoms with Gasteiger partial charge in [-0.2, -0.15) is 0 Å². The summed E-state index contributed by atoms with van der Waals surface area (Å²) in [5.74, 6) is 0.807. The van der Waals surface area contributed by atoms with E-state index in [0.29, 0.717) is 13.1 Å². The maximum Gasteiger partial charge on any atom is 0.216 e. The molecule has 1 rings (SSSR count). The standard InChI is InChI=1S/C11H20N4O2/c1-10(16)12-4-5-13-11-14-6-8-15(11)7-3-9-17-2/h6,8H,3-5,7,9H2,1-2H3,(H,12,16)(H,13,14). The quantitative estimate of drug-likeness (QED) is 0.648. The Morgan fingerprint density at radius 1 is 1.53 bits per heavy atom. The van der Waals surface area contributed by atoms with E-state index in [-0.39, 0.29) is 5.91 Å². The zero-order valence-corrected chi connectivity index (χ0v) is 10.4. The fourth-order valence-electron chi connectivity index (χ4n) is 1.45. The minimum absolute atomic E-state index is 0.0183. The molecule has 0 aliphatic heterocycles. The summed E-state index contributed by atoms with van der Waals surface area (Å²) in [4.78, 5) is 14.9. The number of hydrogen-bond acceptors (Lipinski definition) is 4. The van der Waals surface area contributed by atoms with Gasteiger partial charge in [0, 0.05) is 52.7 Å². The van der Waals surface area contributed by atoms with Crippen molar-refractivity contribution in [3.63, 3.8) is 0 Å². The van der Waals surface area contributed by atoms with Gasteiger partial charge in [-0.1, -0.05) is 0 Å². The number of carbonyl (C=O) groups excluding carboxylic acids is 1. The maximum atomic E-state index is 10.7. The van der Waals surface area contributed by atoms with Gasteiger partial charge < -0.3 is 19.9 Å². The minimum atomic E-state index is -0.0183. The highest BCUT2D eigenvalue weighted by Crippen LogP contribution is 2.04. The molecule has 96 valence electrons. The lowest BCUT2D eigenvalue weighted by molar-refractivity contribution is -0.118. The van der Waals surface area contributed by atoms with E-state index in [0.717, 1.165) is 25.5 Å². The average molecular weight is 240 g/mol. The van der Waals surface area contributed by atoms with Crippen molar-refractivity contribution in [1.29, 1.82) is 0 Å². The number of hydrogen-bond donors (Lipinski definition) is 2. The van der Waals surface area contributed by atoms with E-state index in [1.165, 1.54) is 6.92 Å². The summed E-state index contributed by atoms with van der Waals surface area (Å²) in [6.07, 6.45) is 4.64. The second kappa shape index (κ2) is 7.67. The van der Waals surface area contributed by atoms with Crippen LogP contribution in [0.4, 0.5) is 5.95 Å². The van der Waals surface area contributed by atoms with Crippen LogP contribution in [0, 0.1) is 0 Å². The Morgan fingerprint density at radius 3 is 3.06 bits per heavy atom. The van der Waals surface area contributed by atoms with E-state index >= 15 is 0 Å². The molecule has 0 radical (unpaired) electrons. The third-order valence-corrected chi connectivity index (χ3v) is 2.25. The van der Waals surface area contributed by atoms with Crippen molar-refractivity contribution in [1.82, 2.24) is 14.9 Å². The Morgan fingerprint density at radius 2 is 2.35 bits per heavy atom. The van der Waals surface area contributed by atoms with E-state index < -0.39 is 0 Å². The van der Waals surface area contributed by atoms with Crippen LogP contribution in [0.3, 0.4) is 0 Å². The summed E-state index contributed by atoms with van der Waals surface area (Å²) >= 11 is 0. The number of methoxy groups -OCH3 is 1. The molecule has 0 aliphatic carbocycles. The average Bonchev–Trinajstić information content (AvgIpc) is 2.72. The van der Waals surface area contributed by atoms with E-state index in [9.17, 15) is 4.79 Å². The number of aromatic nitrogens is 2. The van der Waals surface area contributed by atoms with Gasteiger partial charge in [-0.15, -0.1) is 0 Å². The SMILES string of the molecule is COCCCn1ccnc1NCCNC(C)=O. The lowest BCUT2D eigenvalue weighted by Crippen LogP contribution is -2.27. The molecule has 0 spiro atoms. The molecule has 1 amide bonds. The monoisotopic (exact) mass is 240 g/mol. The van der Waals surface area contributed by atoms with Crippen molar-refractivity contribution in [3.05, 3.63) is 12.4 Å². The summed E-state index contributed by atoms with van der Waals surface area (Å²) in [7, 11) is 1.69. The van der Waals surface area contributed by atoms with Crippen LogP contribution in [0.5, 0.6) is 0 Å². The number of imidazole rings is 1. The molecule has 0 fully saturated rings. The highest BCUT2D eigenvalue weighted by atomic mass is 16.5. The van der Waals surface area contributed by atoms with Crippen LogP contribution in [-0.4, -0.2) is 42.3 Å². The van der Waals surface area contributed by atoms with E-state index in [2.05, 4.69) is 15.6 Å². The fraction of sp³-hybridized carbons (Fsp3) is 0.636. The molecule has 17 heavy (non-hydrogen) atoms. The molecular formula is C11H20N4O2. The molecule has 0 aliphatic rings. The van der Waals surface area contributed by atoms with E-state index in [1.54, 1.807) is 13.3 Å². The van der Waals surface area contributed by atoms with Crippen molar-refractivity contribution in [2.45, 2.75) is 19.9 Å². The predicted molar refractivity (Wildman–Crippen MR) is 65.9 cm³/mol. The van der Waals surface area contributed by atoms with Crippen LogP contribution in [0.2, 0.25) is 0 Å². The molecule has 0 unspecified atom stereocenters. The van der Waals surface area contributed by atoms with Crippen LogP contribution in [-0.2, 0) is 16.1 Å². The Kier molecular flexibility index (Phi) is 6.09. The van der Waals surface area contributed by atoms with Crippen molar-refractivity contribution < 1.29 is 9.53 Å². The number of aryl methyl sites for hydroxylation is 1. The van der Waals surface area contributed by atoms with Crippen LogP contribution in [0.1, 0.15) is 13.3 Å². The lowest BCUT2D eigenvalue weighted by Gasteiger charge is -2.09. The number of anilines is 1. The number of nitrogens with one attached hydrogen (secondary N) is 2. The van der Waals surface area contributed by atoms with Gasteiger partial charge in [0.15, 0.2) is 0 Å². The van der Waals surface area contributed by atoms with Crippen molar-refractivity contribution in [3.8, 4) is 0 Å². The zero-order valence-electron chi connectivity index (χ0n) is 10.4. The first-order chi connectivity index (χ1) is 8.24. The minimum Gasteiger partial charge on any atom is -0.385 e. The fourth-order valence-corrected chi connectivity index (χ4v) is 1.45. The molecular weight excluding hydrogens is 220 g/mol. The van der Waals surface area contributed by atoms with Gasteiger partial charge in [-0.05, 0) is 6.42 Å². The summed E-state index contributed by atoms with van der Waals surface area (Å²) in [5.41, 5.74) is 0. The number of ether oxygens (including phenoxy) is 1. The van der Waals surface area contributed by atoms with Gasteiger partial charge >= 0.3 is 0 Å². The molecule has 1 aromatic rings. The molecule has 1 aromatic heterocycles. The topological polar surface area (TPSA) is 68.2 Å². The van der Waals surface area contributed by atoms with Crippen molar-refractivity contribution >= 4 is 11.9 Å². The Bertz CT molecular complexity index is 338. The Labute approximate surface area is 101 Å². The van der Waals surface area contributed by atoms with Crippen LogP contribution in [0.15, 0.2) is 12.4 Å². The van der Waals surface area contributed by atoms with Gasteiger partial charge in [-0.3, -0.25) is 4.79 Å². The van der Waals surface area contributed by atoms with Crippen molar-refractivity contribution in [2.24, 2.45) is 0 Å². The van der Waals surface area contributed by atoms with Gasteiger partial charge in [0.1, 0.15) is 0 Å². The highest BCUT2D eigenvalue weighted by Gasteiger charge is 2.01. The first-order valence-corrected chi connectivity index (χ1v) is 5.72. The van der Waals surface area contributed by atoms with E-state index in [1.807, 2.05) is 10.8 Å². The van der Waals surface area contributed by atoms with Crippen LogP contribution >= 0.6 is 0 Å². The summed E-state index contributed by atoms with van der Waals surface area (Å²) < 4.78 is 7.04. The number of amides is 1. The normalized spacial score (nSPS) is 10.2.